The first-order valence-corrected chi connectivity index (χ1v) is 7.94. The lowest BCUT2D eigenvalue weighted by atomic mass is 9.89. The van der Waals surface area contributed by atoms with Crippen LogP contribution in [0.2, 0.25) is 0 Å². The molecule has 6 heteroatoms. The third kappa shape index (κ3) is 2.67. The van der Waals surface area contributed by atoms with Crippen LogP contribution in [0.5, 0.6) is 17.4 Å². The number of nitrogens with zero attached hydrogens (tertiary/aromatic N) is 1. The molecule has 1 heterocycles. The minimum Gasteiger partial charge on any atom is -0.496 e. The van der Waals surface area contributed by atoms with Crippen molar-refractivity contribution in [3.8, 4) is 17.4 Å². The Morgan fingerprint density at radius 2 is 1.88 bits per heavy atom. The van der Waals surface area contributed by atoms with Gasteiger partial charge in [0.05, 0.1) is 21.3 Å². The molecule has 0 saturated heterocycles. The van der Waals surface area contributed by atoms with Crippen LogP contribution < -0.4 is 14.2 Å². The Labute approximate surface area is 146 Å². The number of aliphatic carboxylic acids is 1. The number of pyridine rings is 1. The number of carboxylic acids is 1. The molecule has 1 aliphatic carbocycles. The first kappa shape index (κ1) is 17.1. The summed E-state index contributed by atoms with van der Waals surface area (Å²) in [6.45, 7) is 1.94. The summed E-state index contributed by atoms with van der Waals surface area (Å²) in [4.78, 5) is 16.4. The first-order valence-electron chi connectivity index (χ1n) is 7.94. The van der Waals surface area contributed by atoms with Gasteiger partial charge in [-0.2, -0.15) is 0 Å². The van der Waals surface area contributed by atoms with Crippen molar-refractivity contribution in [2.24, 2.45) is 0 Å². The molecule has 0 unspecified atom stereocenters. The van der Waals surface area contributed by atoms with Crippen LogP contribution in [0.15, 0.2) is 30.5 Å². The average molecular weight is 343 g/mol. The Morgan fingerprint density at radius 1 is 1.16 bits per heavy atom. The lowest BCUT2D eigenvalue weighted by Gasteiger charge is -2.18. The van der Waals surface area contributed by atoms with E-state index in [0.29, 0.717) is 29.4 Å². The maximum Gasteiger partial charge on any atom is 0.314 e. The topological polar surface area (TPSA) is 77.9 Å². The maximum atomic E-state index is 12.2. The second kappa shape index (κ2) is 6.27. The van der Waals surface area contributed by atoms with Gasteiger partial charge < -0.3 is 19.3 Å². The minimum atomic E-state index is -1.02. The van der Waals surface area contributed by atoms with E-state index in [2.05, 4.69) is 4.98 Å². The Hall–Kier alpha value is -2.76. The van der Waals surface area contributed by atoms with Crippen molar-refractivity contribution in [3.05, 3.63) is 47.2 Å². The summed E-state index contributed by atoms with van der Waals surface area (Å²) in [5.74, 6) is 0.386. The predicted molar refractivity (Wildman–Crippen MR) is 91.7 cm³/mol. The number of aromatic nitrogens is 1. The molecule has 1 N–H and O–H groups in total. The van der Waals surface area contributed by atoms with E-state index in [0.717, 1.165) is 11.1 Å². The standard InChI is InChI=1S/C19H21NO5/c1-11-5-6-15(23-2)13(7-11)19(18(21)22)9-14(19)12-8-16(24-3)17(25-4)20-10-12/h5-8,10,14H,9H2,1-4H3,(H,21,22)/t14-,19-/m1/s1. The zero-order valence-electron chi connectivity index (χ0n) is 14.7. The molecule has 1 aliphatic rings. The van der Waals surface area contributed by atoms with Gasteiger partial charge in [0, 0.05) is 17.7 Å². The molecular weight excluding hydrogens is 322 g/mol. The Bertz CT molecular complexity index is 819. The van der Waals surface area contributed by atoms with Crippen molar-refractivity contribution in [3.63, 3.8) is 0 Å². The number of rotatable bonds is 6. The average Bonchev–Trinajstić information content (AvgIpc) is 3.38. The summed E-state index contributed by atoms with van der Waals surface area (Å²) in [6.07, 6.45) is 2.14. The maximum absolute atomic E-state index is 12.2. The molecule has 0 radical (unpaired) electrons. The van der Waals surface area contributed by atoms with Crippen LogP contribution in [0.3, 0.4) is 0 Å². The van der Waals surface area contributed by atoms with Gasteiger partial charge >= 0.3 is 5.97 Å². The summed E-state index contributed by atoms with van der Waals surface area (Å²) >= 11 is 0. The molecule has 2 aromatic rings. The second-order valence-corrected chi connectivity index (χ2v) is 6.22. The largest absolute Gasteiger partial charge is 0.496 e. The molecule has 1 fully saturated rings. The first-order chi connectivity index (χ1) is 12.0. The van der Waals surface area contributed by atoms with Crippen molar-refractivity contribution < 1.29 is 24.1 Å². The molecule has 2 atom stereocenters. The molecule has 0 amide bonds. The fourth-order valence-corrected chi connectivity index (χ4v) is 3.42. The monoisotopic (exact) mass is 343 g/mol. The Balaban J connectivity index is 2.07. The highest BCUT2D eigenvalue weighted by atomic mass is 16.5. The van der Waals surface area contributed by atoms with Gasteiger partial charge in [-0.25, -0.2) is 4.98 Å². The SMILES string of the molecule is COc1ccc(C)cc1[C@]1(C(=O)O)C[C@@H]1c1cnc(OC)c(OC)c1. The molecule has 1 aromatic carbocycles. The predicted octanol–water partition coefficient (Wildman–Crippen LogP) is 2.93. The summed E-state index contributed by atoms with van der Waals surface area (Å²) in [5, 5.41) is 10.00. The smallest absolute Gasteiger partial charge is 0.314 e. The molecule has 0 aliphatic heterocycles. The van der Waals surface area contributed by atoms with E-state index in [9.17, 15) is 9.90 Å². The highest BCUT2D eigenvalue weighted by Crippen LogP contribution is 2.62. The van der Waals surface area contributed by atoms with E-state index in [1.165, 1.54) is 14.2 Å². The number of methoxy groups -OCH3 is 3. The third-order valence-corrected chi connectivity index (χ3v) is 4.83. The summed E-state index contributed by atoms with van der Waals surface area (Å²) in [7, 11) is 4.60. The van der Waals surface area contributed by atoms with Gasteiger partial charge in [0.25, 0.3) is 5.88 Å². The van der Waals surface area contributed by atoms with Gasteiger partial charge in [-0.1, -0.05) is 17.7 Å². The van der Waals surface area contributed by atoms with E-state index >= 15 is 0 Å². The number of carboxylic acid groups (broad SMARTS) is 1. The lowest BCUT2D eigenvalue weighted by Crippen LogP contribution is -2.23. The van der Waals surface area contributed by atoms with Crippen molar-refractivity contribution in [2.75, 3.05) is 21.3 Å². The Morgan fingerprint density at radius 3 is 2.48 bits per heavy atom. The van der Waals surface area contributed by atoms with E-state index in [-0.39, 0.29) is 5.92 Å². The van der Waals surface area contributed by atoms with Gasteiger partial charge in [-0.05, 0) is 31.0 Å². The number of hydrogen-bond acceptors (Lipinski definition) is 5. The number of aryl methyl sites for hydroxylation is 1. The lowest BCUT2D eigenvalue weighted by molar-refractivity contribution is -0.140. The highest BCUT2D eigenvalue weighted by Gasteiger charge is 2.63. The van der Waals surface area contributed by atoms with E-state index < -0.39 is 11.4 Å². The van der Waals surface area contributed by atoms with Crippen molar-refractivity contribution in [1.82, 2.24) is 4.98 Å². The molecular formula is C19H21NO5. The third-order valence-electron chi connectivity index (χ3n) is 4.83. The van der Waals surface area contributed by atoms with Gasteiger partial charge in [0.1, 0.15) is 11.2 Å². The van der Waals surface area contributed by atoms with E-state index in [1.807, 2.05) is 25.1 Å². The zero-order valence-corrected chi connectivity index (χ0v) is 14.7. The van der Waals surface area contributed by atoms with Crippen LogP contribution in [0, 0.1) is 6.92 Å². The molecule has 1 saturated carbocycles. The number of hydrogen-bond donors (Lipinski definition) is 1. The summed E-state index contributed by atoms with van der Waals surface area (Å²) in [5.41, 5.74) is 1.48. The molecule has 6 nitrogen and oxygen atoms in total. The van der Waals surface area contributed by atoms with Crippen LogP contribution in [0.25, 0.3) is 0 Å². The minimum absolute atomic E-state index is 0.201. The molecule has 132 valence electrons. The molecule has 0 bridgehead atoms. The zero-order chi connectivity index (χ0) is 18.2. The molecule has 1 aromatic heterocycles. The van der Waals surface area contributed by atoms with Crippen molar-refractivity contribution in [1.29, 1.82) is 0 Å². The van der Waals surface area contributed by atoms with Gasteiger partial charge in [-0.3, -0.25) is 4.79 Å². The number of ether oxygens (including phenoxy) is 3. The van der Waals surface area contributed by atoms with Crippen LogP contribution in [0.4, 0.5) is 0 Å². The van der Waals surface area contributed by atoms with Crippen LogP contribution in [-0.4, -0.2) is 37.4 Å². The molecule has 0 spiro atoms. The second-order valence-electron chi connectivity index (χ2n) is 6.22. The van der Waals surface area contributed by atoms with Crippen LogP contribution >= 0.6 is 0 Å². The van der Waals surface area contributed by atoms with E-state index in [4.69, 9.17) is 14.2 Å². The Kier molecular flexibility index (Phi) is 4.29. The normalized spacial score (nSPS) is 21.5. The molecule has 25 heavy (non-hydrogen) atoms. The number of carbonyl (C=O) groups is 1. The fourth-order valence-electron chi connectivity index (χ4n) is 3.42. The molecule has 3 rings (SSSR count). The van der Waals surface area contributed by atoms with Crippen molar-refractivity contribution in [2.45, 2.75) is 24.7 Å². The van der Waals surface area contributed by atoms with Crippen LogP contribution in [-0.2, 0) is 10.2 Å². The fraction of sp³-hybridized carbons (Fsp3) is 0.368. The quantitative estimate of drug-likeness (QED) is 0.869. The number of benzene rings is 1. The van der Waals surface area contributed by atoms with Gasteiger partial charge in [0.15, 0.2) is 5.75 Å². The van der Waals surface area contributed by atoms with Crippen molar-refractivity contribution >= 4 is 5.97 Å². The van der Waals surface area contributed by atoms with Gasteiger partial charge in [-0.15, -0.1) is 0 Å². The van der Waals surface area contributed by atoms with E-state index in [1.54, 1.807) is 19.4 Å². The summed E-state index contributed by atoms with van der Waals surface area (Å²) < 4.78 is 15.9. The summed E-state index contributed by atoms with van der Waals surface area (Å²) in [6, 6.07) is 7.41. The van der Waals surface area contributed by atoms with Crippen LogP contribution in [0.1, 0.15) is 29.0 Å². The van der Waals surface area contributed by atoms with Gasteiger partial charge in [0.2, 0.25) is 0 Å². The highest BCUT2D eigenvalue weighted by molar-refractivity contribution is 5.89.